The van der Waals surface area contributed by atoms with Crippen molar-refractivity contribution < 1.29 is 0 Å². The van der Waals surface area contributed by atoms with Gasteiger partial charge in [0, 0.05) is 28.9 Å². The second-order valence-corrected chi connectivity index (χ2v) is 6.80. The summed E-state index contributed by atoms with van der Waals surface area (Å²) in [5.74, 6) is 0. The quantitative estimate of drug-likeness (QED) is 0.867. The van der Waals surface area contributed by atoms with Gasteiger partial charge in [-0.15, -0.1) is 0 Å². The second-order valence-electron chi connectivity index (χ2n) is 5.79. The Bertz CT molecular complexity index is 576. The van der Waals surface area contributed by atoms with Crippen molar-refractivity contribution in [3.8, 4) is 0 Å². The van der Waals surface area contributed by atoms with Crippen LogP contribution in [0.3, 0.4) is 0 Å². The third-order valence-corrected chi connectivity index (χ3v) is 3.75. The molecular formula is C16H21N3S. The van der Waals surface area contributed by atoms with Crippen LogP contribution in [0.25, 0.3) is 0 Å². The summed E-state index contributed by atoms with van der Waals surface area (Å²) in [6.07, 6.45) is 1.81. The molecule has 3 nitrogen and oxygen atoms in total. The van der Waals surface area contributed by atoms with Gasteiger partial charge in [-0.3, -0.25) is 0 Å². The van der Waals surface area contributed by atoms with E-state index in [1.54, 1.807) is 18.0 Å². The Morgan fingerprint density at radius 1 is 1.15 bits per heavy atom. The number of aryl methyl sites for hydroxylation is 1. The highest BCUT2D eigenvalue weighted by Gasteiger charge is 2.11. The fourth-order valence-electron chi connectivity index (χ4n) is 1.68. The predicted molar refractivity (Wildman–Crippen MR) is 83.9 cm³/mol. The Labute approximate surface area is 125 Å². The Morgan fingerprint density at radius 3 is 2.60 bits per heavy atom. The number of benzene rings is 1. The van der Waals surface area contributed by atoms with E-state index in [2.05, 4.69) is 60.3 Å². The number of nitrogens with one attached hydrogen (secondary N) is 1. The molecule has 2 rings (SSSR count). The number of hydrogen-bond acceptors (Lipinski definition) is 4. The zero-order valence-corrected chi connectivity index (χ0v) is 13.3. The monoisotopic (exact) mass is 287 g/mol. The zero-order chi connectivity index (χ0) is 14.6. The van der Waals surface area contributed by atoms with Crippen LogP contribution in [-0.4, -0.2) is 15.5 Å². The van der Waals surface area contributed by atoms with Gasteiger partial charge in [0.15, 0.2) is 5.16 Å². The topological polar surface area (TPSA) is 37.8 Å². The van der Waals surface area contributed by atoms with Gasteiger partial charge in [-0.2, -0.15) is 0 Å². The van der Waals surface area contributed by atoms with Crippen LogP contribution in [0.5, 0.6) is 0 Å². The summed E-state index contributed by atoms with van der Waals surface area (Å²) in [6, 6.07) is 10.3. The lowest BCUT2D eigenvalue weighted by Gasteiger charge is -2.21. The highest BCUT2D eigenvalue weighted by atomic mass is 32.2. The zero-order valence-electron chi connectivity index (χ0n) is 12.5. The van der Waals surface area contributed by atoms with Crippen LogP contribution >= 0.6 is 11.8 Å². The summed E-state index contributed by atoms with van der Waals surface area (Å²) in [5, 5.41) is 4.32. The molecular weight excluding hydrogens is 266 g/mol. The average molecular weight is 287 g/mol. The summed E-state index contributed by atoms with van der Waals surface area (Å²) in [4.78, 5) is 9.97. The Kier molecular flexibility index (Phi) is 4.78. The van der Waals surface area contributed by atoms with Crippen molar-refractivity contribution in [2.24, 2.45) is 0 Å². The SMILES string of the molecule is Cc1ccnc(Sc2ccccc2CNC(C)(C)C)n1. The van der Waals surface area contributed by atoms with Crippen molar-refractivity contribution in [2.75, 3.05) is 0 Å². The van der Waals surface area contributed by atoms with E-state index in [1.807, 2.05) is 13.0 Å². The molecule has 0 atom stereocenters. The van der Waals surface area contributed by atoms with Gasteiger partial charge in [0.25, 0.3) is 0 Å². The standard InChI is InChI=1S/C16H21N3S/c1-12-9-10-17-15(19-12)20-14-8-6-5-7-13(14)11-18-16(2,3)4/h5-10,18H,11H2,1-4H3. The van der Waals surface area contributed by atoms with Crippen LogP contribution in [0.1, 0.15) is 32.0 Å². The highest BCUT2D eigenvalue weighted by molar-refractivity contribution is 7.99. The van der Waals surface area contributed by atoms with Crippen molar-refractivity contribution in [3.05, 3.63) is 47.8 Å². The molecule has 0 saturated heterocycles. The van der Waals surface area contributed by atoms with Crippen LogP contribution in [0.15, 0.2) is 46.6 Å². The van der Waals surface area contributed by atoms with Gasteiger partial charge in [-0.05, 0) is 57.2 Å². The third kappa shape index (κ3) is 4.62. The van der Waals surface area contributed by atoms with E-state index in [9.17, 15) is 0 Å². The van der Waals surface area contributed by atoms with Crippen LogP contribution < -0.4 is 5.32 Å². The molecule has 0 aliphatic rings. The summed E-state index contributed by atoms with van der Waals surface area (Å²) >= 11 is 1.62. The molecule has 1 aromatic heterocycles. The third-order valence-electron chi connectivity index (χ3n) is 2.76. The molecule has 0 aliphatic heterocycles. The molecule has 0 radical (unpaired) electrons. The first-order valence-electron chi connectivity index (χ1n) is 6.74. The van der Waals surface area contributed by atoms with Crippen LogP contribution in [0, 0.1) is 6.92 Å². The molecule has 1 heterocycles. The molecule has 0 bridgehead atoms. The van der Waals surface area contributed by atoms with E-state index in [0.717, 1.165) is 17.4 Å². The van der Waals surface area contributed by atoms with Gasteiger partial charge < -0.3 is 5.32 Å². The van der Waals surface area contributed by atoms with Crippen LogP contribution in [0.4, 0.5) is 0 Å². The minimum absolute atomic E-state index is 0.109. The van der Waals surface area contributed by atoms with E-state index in [-0.39, 0.29) is 5.54 Å². The minimum Gasteiger partial charge on any atom is -0.308 e. The molecule has 0 spiro atoms. The van der Waals surface area contributed by atoms with Gasteiger partial charge >= 0.3 is 0 Å². The summed E-state index contributed by atoms with van der Waals surface area (Å²) < 4.78 is 0. The summed E-state index contributed by atoms with van der Waals surface area (Å²) in [7, 11) is 0. The lowest BCUT2D eigenvalue weighted by molar-refractivity contribution is 0.422. The largest absolute Gasteiger partial charge is 0.308 e. The number of nitrogens with zero attached hydrogens (tertiary/aromatic N) is 2. The van der Waals surface area contributed by atoms with E-state index in [0.29, 0.717) is 0 Å². The van der Waals surface area contributed by atoms with Crippen molar-refractivity contribution >= 4 is 11.8 Å². The first-order valence-corrected chi connectivity index (χ1v) is 7.56. The van der Waals surface area contributed by atoms with Crippen molar-refractivity contribution in [2.45, 2.75) is 49.8 Å². The van der Waals surface area contributed by atoms with Crippen LogP contribution in [0.2, 0.25) is 0 Å². The van der Waals surface area contributed by atoms with E-state index >= 15 is 0 Å². The molecule has 0 unspecified atom stereocenters. The summed E-state index contributed by atoms with van der Waals surface area (Å²) in [5.41, 5.74) is 2.38. The number of aromatic nitrogens is 2. The molecule has 2 aromatic rings. The molecule has 106 valence electrons. The average Bonchev–Trinajstić information content (AvgIpc) is 2.37. The molecule has 1 N–H and O–H groups in total. The lowest BCUT2D eigenvalue weighted by atomic mass is 10.1. The Morgan fingerprint density at radius 2 is 1.90 bits per heavy atom. The number of hydrogen-bond donors (Lipinski definition) is 1. The molecule has 20 heavy (non-hydrogen) atoms. The minimum atomic E-state index is 0.109. The van der Waals surface area contributed by atoms with Gasteiger partial charge in [0.05, 0.1) is 0 Å². The van der Waals surface area contributed by atoms with Crippen molar-refractivity contribution in [3.63, 3.8) is 0 Å². The van der Waals surface area contributed by atoms with Gasteiger partial charge in [-0.1, -0.05) is 18.2 Å². The maximum atomic E-state index is 4.45. The van der Waals surface area contributed by atoms with Gasteiger partial charge in [-0.25, -0.2) is 9.97 Å². The summed E-state index contributed by atoms with van der Waals surface area (Å²) in [6.45, 7) is 9.35. The highest BCUT2D eigenvalue weighted by Crippen LogP contribution is 2.28. The van der Waals surface area contributed by atoms with Gasteiger partial charge in [0.1, 0.15) is 0 Å². The maximum Gasteiger partial charge on any atom is 0.192 e. The molecule has 1 aromatic carbocycles. The predicted octanol–water partition coefficient (Wildman–Crippen LogP) is 3.82. The molecule has 0 amide bonds. The maximum absolute atomic E-state index is 4.45. The second kappa shape index (κ2) is 6.37. The molecule has 0 saturated carbocycles. The Hall–Kier alpha value is -1.39. The fraction of sp³-hybridized carbons (Fsp3) is 0.375. The first kappa shape index (κ1) is 15.0. The van der Waals surface area contributed by atoms with E-state index < -0.39 is 0 Å². The van der Waals surface area contributed by atoms with Gasteiger partial charge in [0.2, 0.25) is 0 Å². The van der Waals surface area contributed by atoms with Crippen molar-refractivity contribution in [1.82, 2.24) is 15.3 Å². The van der Waals surface area contributed by atoms with E-state index in [1.165, 1.54) is 10.5 Å². The first-order chi connectivity index (χ1) is 9.44. The van der Waals surface area contributed by atoms with Crippen molar-refractivity contribution in [1.29, 1.82) is 0 Å². The normalized spacial score (nSPS) is 11.6. The van der Waals surface area contributed by atoms with E-state index in [4.69, 9.17) is 0 Å². The van der Waals surface area contributed by atoms with Crippen LogP contribution in [-0.2, 0) is 6.54 Å². The lowest BCUT2D eigenvalue weighted by Crippen LogP contribution is -2.35. The fourth-order valence-corrected chi connectivity index (χ4v) is 2.60. The number of rotatable bonds is 4. The molecule has 0 aliphatic carbocycles. The Balaban J connectivity index is 2.15. The smallest absolute Gasteiger partial charge is 0.192 e. The molecule has 4 heteroatoms. The molecule has 0 fully saturated rings.